The molecule has 0 fully saturated rings. The van der Waals surface area contributed by atoms with E-state index in [0.717, 1.165) is 12.3 Å². The van der Waals surface area contributed by atoms with E-state index in [1.165, 1.54) is 5.57 Å². The van der Waals surface area contributed by atoms with Gasteiger partial charge in [0.15, 0.2) is 0 Å². The van der Waals surface area contributed by atoms with Crippen LogP contribution in [0.15, 0.2) is 23.8 Å². The molecule has 0 unspecified atom stereocenters. The first kappa shape index (κ1) is 10.8. The lowest BCUT2D eigenvalue weighted by Gasteiger charge is -1.99. The quantitative estimate of drug-likeness (QED) is 0.447. The van der Waals surface area contributed by atoms with E-state index in [-0.39, 0.29) is 0 Å². The van der Waals surface area contributed by atoms with Gasteiger partial charge in [-0.05, 0) is 24.8 Å². The van der Waals surface area contributed by atoms with Crippen molar-refractivity contribution in [3.05, 3.63) is 23.8 Å². The molecule has 0 spiro atoms. The van der Waals surface area contributed by atoms with E-state index >= 15 is 0 Å². The number of halogens is 1. The van der Waals surface area contributed by atoms with Gasteiger partial charge in [-0.15, -0.1) is 11.6 Å². The third kappa shape index (κ3) is 6.18. The minimum absolute atomic E-state index is 0.622. The second-order valence-electron chi connectivity index (χ2n) is 3.04. The van der Waals surface area contributed by atoms with Crippen molar-refractivity contribution >= 4 is 11.6 Å². The Morgan fingerprint density at radius 1 is 1.45 bits per heavy atom. The molecule has 0 N–H and O–H groups in total. The molecular formula is C10H17Cl. The Morgan fingerprint density at radius 2 is 2.09 bits per heavy atom. The van der Waals surface area contributed by atoms with E-state index in [4.69, 9.17) is 11.6 Å². The molecule has 0 saturated heterocycles. The molecule has 0 bridgehead atoms. The molecule has 1 heteroatoms. The summed E-state index contributed by atoms with van der Waals surface area (Å²) < 4.78 is 0. The molecule has 0 aliphatic heterocycles. The van der Waals surface area contributed by atoms with Gasteiger partial charge in [0.2, 0.25) is 0 Å². The highest BCUT2D eigenvalue weighted by Gasteiger charge is 1.91. The summed E-state index contributed by atoms with van der Waals surface area (Å²) in [6.45, 7) is 6.42. The predicted molar refractivity (Wildman–Crippen MR) is 53.1 cm³/mol. The van der Waals surface area contributed by atoms with E-state index in [0.29, 0.717) is 5.88 Å². The monoisotopic (exact) mass is 172 g/mol. The van der Waals surface area contributed by atoms with Crippen LogP contribution >= 0.6 is 11.6 Å². The molecule has 0 radical (unpaired) electrons. The van der Waals surface area contributed by atoms with E-state index in [1.54, 1.807) is 0 Å². The van der Waals surface area contributed by atoms with Crippen LogP contribution in [0.2, 0.25) is 0 Å². The Morgan fingerprint density at radius 3 is 2.45 bits per heavy atom. The van der Waals surface area contributed by atoms with Crippen LogP contribution in [0.4, 0.5) is 0 Å². The highest BCUT2D eigenvalue weighted by atomic mass is 35.5. The van der Waals surface area contributed by atoms with Crippen molar-refractivity contribution in [3.63, 3.8) is 0 Å². The van der Waals surface area contributed by atoms with E-state index in [2.05, 4.69) is 26.0 Å². The zero-order valence-electron chi connectivity index (χ0n) is 7.60. The summed E-state index contributed by atoms with van der Waals surface area (Å²) in [7, 11) is 0. The first-order valence-corrected chi connectivity index (χ1v) is 4.61. The predicted octanol–water partition coefficient (Wildman–Crippen LogP) is 3.77. The third-order valence-electron chi connectivity index (χ3n) is 1.39. The Hall–Kier alpha value is -0.230. The molecule has 0 aromatic carbocycles. The number of rotatable bonds is 4. The first-order chi connectivity index (χ1) is 5.20. The fourth-order valence-electron chi connectivity index (χ4n) is 0.768. The SMILES string of the molecule is C/C=C\C(=C/CC(C)C)CCl. The van der Waals surface area contributed by atoms with Crippen molar-refractivity contribution < 1.29 is 0 Å². The topological polar surface area (TPSA) is 0 Å². The van der Waals surface area contributed by atoms with Crippen LogP contribution in [0.3, 0.4) is 0 Å². The van der Waals surface area contributed by atoms with Crippen molar-refractivity contribution in [3.8, 4) is 0 Å². The molecule has 0 aromatic heterocycles. The van der Waals surface area contributed by atoms with Gasteiger partial charge >= 0.3 is 0 Å². The average Bonchev–Trinajstić information content (AvgIpc) is 1.97. The van der Waals surface area contributed by atoms with Gasteiger partial charge in [0.25, 0.3) is 0 Å². The Balaban J connectivity index is 3.90. The maximum atomic E-state index is 5.71. The van der Waals surface area contributed by atoms with Crippen LogP contribution in [-0.2, 0) is 0 Å². The summed E-state index contributed by atoms with van der Waals surface area (Å²) in [6, 6.07) is 0. The molecular weight excluding hydrogens is 156 g/mol. The van der Waals surface area contributed by atoms with Gasteiger partial charge in [-0.3, -0.25) is 0 Å². The molecule has 0 heterocycles. The van der Waals surface area contributed by atoms with E-state index in [9.17, 15) is 0 Å². The average molecular weight is 173 g/mol. The zero-order valence-corrected chi connectivity index (χ0v) is 8.36. The van der Waals surface area contributed by atoms with Gasteiger partial charge < -0.3 is 0 Å². The van der Waals surface area contributed by atoms with Crippen molar-refractivity contribution in [2.75, 3.05) is 5.88 Å². The standard InChI is InChI=1S/C10H17Cl/c1-4-5-10(8-11)7-6-9(2)3/h4-5,7,9H,6,8H2,1-3H3/b5-4-,10-7+. The molecule has 0 saturated carbocycles. The maximum absolute atomic E-state index is 5.71. The lowest BCUT2D eigenvalue weighted by Crippen LogP contribution is -1.85. The fourth-order valence-corrected chi connectivity index (χ4v) is 0.966. The van der Waals surface area contributed by atoms with Crippen molar-refractivity contribution in [1.82, 2.24) is 0 Å². The molecule has 0 aliphatic carbocycles. The molecule has 0 aromatic rings. The van der Waals surface area contributed by atoms with Crippen molar-refractivity contribution in [2.24, 2.45) is 5.92 Å². The molecule has 0 rings (SSSR count). The Bertz CT molecular complexity index is 143. The zero-order chi connectivity index (χ0) is 8.69. The second-order valence-corrected chi connectivity index (χ2v) is 3.31. The summed E-state index contributed by atoms with van der Waals surface area (Å²) in [5, 5.41) is 0. The lowest BCUT2D eigenvalue weighted by molar-refractivity contribution is 0.662. The van der Waals surface area contributed by atoms with Crippen molar-refractivity contribution in [2.45, 2.75) is 27.2 Å². The highest BCUT2D eigenvalue weighted by molar-refractivity contribution is 6.19. The van der Waals surface area contributed by atoms with E-state index < -0.39 is 0 Å². The molecule has 0 atom stereocenters. The number of allylic oxidation sites excluding steroid dienone is 4. The molecule has 0 amide bonds. The van der Waals surface area contributed by atoms with Crippen LogP contribution in [0.5, 0.6) is 0 Å². The summed E-state index contributed by atoms with van der Waals surface area (Å²) in [4.78, 5) is 0. The first-order valence-electron chi connectivity index (χ1n) is 4.08. The minimum atomic E-state index is 0.622. The normalized spacial score (nSPS) is 13.4. The number of hydrogen-bond acceptors (Lipinski definition) is 0. The number of alkyl halides is 1. The molecule has 0 aliphatic rings. The fraction of sp³-hybridized carbons (Fsp3) is 0.600. The summed E-state index contributed by atoms with van der Waals surface area (Å²) in [5.41, 5.74) is 1.22. The summed E-state index contributed by atoms with van der Waals surface area (Å²) in [6.07, 6.45) is 7.41. The summed E-state index contributed by atoms with van der Waals surface area (Å²) >= 11 is 5.71. The minimum Gasteiger partial charge on any atom is -0.122 e. The Kier molecular flexibility index (Phi) is 6.34. The largest absolute Gasteiger partial charge is 0.122 e. The summed E-state index contributed by atoms with van der Waals surface area (Å²) in [5.74, 6) is 1.34. The van der Waals surface area contributed by atoms with Gasteiger partial charge in [0.1, 0.15) is 0 Å². The third-order valence-corrected chi connectivity index (χ3v) is 1.70. The van der Waals surface area contributed by atoms with Gasteiger partial charge in [0.05, 0.1) is 0 Å². The van der Waals surface area contributed by atoms with Gasteiger partial charge in [-0.1, -0.05) is 32.1 Å². The van der Waals surface area contributed by atoms with Crippen LogP contribution < -0.4 is 0 Å². The Labute approximate surface area is 74.9 Å². The van der Waals surface area contributed by atoms with Gasteiger partial charge in [-0.25, -0.2) is 0 Å². The molecule has 0 nitrogen and oxygen atoms in total. The maximum Gasteiger partial charge on any atom is 0.0470 e. The van der Waals surface area contributed by atoms with Gasteiger partial charge in [0, 0.05) is 5.88 Å². The highest BCUT2D eigenvalue weighted by Crippen LogP contribution is 2.07. The smallest absolute Gasteiger partial charge is 0.0470 e. The molecule has 11 heavy (non-hydrogen) atoms. The van der Waals surface area contributed by atoms with Crippen LogP contribution in [-0.4, -0.2) is 5.88 Å². The van der Waals surface area contributed by atoms with Crippen LogP contribution in [0, 0.1) is 5.92 Å². The second kappa shape index (κ2) is 6.48. The number of hydrogen-bond donors (Lipinski definition) is 0. The lowest BCUT2D eigenvalue weighted by atomic mass is 10.1. The van der Waals surface area contributed by atoms with Crippen LogP contribution in [0.1, 0.15) is 27.2 Å². The van der Waals surface area contributed by atoms with Crippen LogP contribution in [0.25, 0.3) is 0 Å². The van der Waals surface area contributed by atoms with Crippen molar-refractivity contribution in [1.29, 1.82) is 0 Å². The van der Waals surface area contributed by atoms with Gasteiger partial charge in [-0.2, -0.15) is 0 Å². The molecule has 64 valence electrons. The van der Waals surface area contributed by atoms with E-state index in [1.807, 2.05) is 13.0 Å².